The summed E-state index contributed by atoms with van der Waals surface area (Å²) in [7, 11) is 0. The van der Waals surface area contributed by atoms with Gasteiger partial charge >= 0.3 is 5.69 Å². The summed E-state index contributed by atoms with van der Waals surface area (Å²) < 4.78 is 35.4. The summed E-state index contributed by atoms with van der Waals surface area (Å²) in [5.74, 6) is -0.341. The van der Waals surface area contributed by atoms with Crippen LogP contribution in [0.4, 0.5) is 8.78 Å². The summed E-state index contributed by atoms with van der Waals surface area (Å²) in [4.78, 5) is 15.4. The van der Waals surface area contributed by atoms with Crippen molar-refractivity contribution in [3.63, 3.8) is 0 Å². The molecule has 1 aromatic heterocycles. The number of nitrogens with one attached hydrogen (secondary N) is 2. The fourth-order valence-electron chi connectivity index (χ4n) is 4.46. The second-order valence-corrected chi connectivity index (χ2v) is 8.18. The first-order valence-corrected chi connectivity index (χ1v) is 10.4. The summed E-state index contributed by atoms with van der Waals surface area (Å²) in [6, 6.07) is 14.9. The lowest BCUT2D eigenvalue weighted by Gasteiger charge is -2.28. The van der Waals surface area contributed by atoms with Crippen LogP contribution in [0.5, 0.6) is 5.75 Å². The van der Waals surface area contributed by atoms with E-state index in [0.717, 1.165) is 46.4 Å². The molecule has 3 aromatic carbocycles. The van der Waals surface area contributed by atoms with Crippen LogP contribution in [0.1, 0.15) is 28.3 Å². The molecule has 0 radical (unpaired) electrons. The number of aromatic amines is 1. The molecule has 5 nitrogen and oxygen atoms in total. The molecule has 33 heavy (non-hydrogen) atoms. The molecular weight excluding hydrogens is 448 g/mol. The van der Waals surface area contributed by atoms with Crippen LogP contribution in [0.15, 0.2) is 59.4 Å². The van der Waals surface area contributed by atoms with E-state index in [1.165, 1.54) is 24.3 Å². The summed E-state index contributed by atoms with van der Waals surface area (Å²) in [6.45, 7) is 1.70. The topological polar surface area (TPSA) is 59.1 Å². The molecule has 0 bridgehead atoms. The quantitative estimate of drug-likeness (QED) is 0.451. The van der Waals surface area contributed by atoms with Crippen molar-refractivity contribution in [2.45, 2.75) is 12.6 Å². The van der Waals surface area contributed by atoms with Crippen molar-refractivity contribution in [2.24, 2.45) is 0 Å². The molecule has 2 N–H and O–H groups in total. The van der Waals surface area contributed by atoms with Crippen LogP contribution in [0, 0.1) is 11.6 Å². The number of benzene rings is 3. The van der Waals surface area contributed by atoms with Crippen molar-refractivity contribution in [1.29, 1.82) is 0 Å². The van der Waals surface area contributed by atoms with E-state index in [2.05, 4.69) is 10.3 Å². The molecule has 0 unspecified atom stereocenters. The second-order valence-electron chi connectivity index (χ2n) is 8.18. The SMILES string of the molecule is Cl.O=c1[nH]c2cc(/C=C3\c4ccc(F)cc4COc4cc(F)ccc43)ccc2n1C1CNC1. The van der Waals surface area contributed by atoms with Crippen molar-refractivity contribution >= 4 is 35.1 Å². The maximum Gasteiger partial charge on any atom is 0.326 e. The summed E-state index contributed by atoms with van der Waals surface area (Å²) >= 11 is 0. The van der Waals surface area contributed by atoms with Crippen LogP contribution in [0.25, 0.3) is 22.7 Å². The molecule has 8 heteroatoms. The molecule has 0 saturated carbocycles. The van der Waals surface area contributed by atoms with E-state index in [1.54, 1.807) is 16.7 Å². The van der Waals surface area contributed by atoms with Gasteiger partial charge in [-0.2, -0.15) is 0 Å². The van der Waals surface area contributed by atoms with Gasteiger partial charge in [-0.25, -0.2) is 13.6 Å². The molecule has 0 amide bonds. The molecule has 168 valence electrons. The predicted molar refractivity (Wildman–Crippen MR) is 126 cm³/mol. The molecule has 1 fully saturated rings. The lowest BCUT2D eigenvalue weighted by molar-refractivity contribution is 0.305. The minimum atomic E-state index is -0.397. The summed E-state index contributed by atoms with van der Waals surface area (Å²) in [5.41, 5.74) is 5.38. The molecule has 0 aliphatic carbocycles. The standard InChI is InChI=1S/C25H19F2N3O2.ClH/c26-16-2-4-19-15(9-16)13-32-24-10-17(27)3-5-20(24)21(19)7-14-1-6-23-22(8-14)29-25(31)30(23)18-11-28-12-18;/h1-10,18,28H,11-13H2,(H,29,31);1H/b21-7+;. The van der Waals surface area contributed by atoms with Gasteiger partial charge in [-0.1, -0.05) is 12.1 Å². The number of H-pyrrole nitrogens is 1. The number of nitrogens with zero attached hydrogens (tertiary/aromatic N) is 1. The van der Waals surface area contributed by atoms with Crippen LogP contribution in [0.3, 0.4) is 0 Å². The van der Waals surface area contributed by atoms with E-state index < -0.39 is 5.82 Å². The van der Waals surface area contributed by atoms with Gasteiger partial charge in [0.1, 0.15) is 24.0 Å². The molecule has 2 aliphatic heterocycles. The van der Waals surface area contributed by atoms with Crippen LogP contribution in [-0.2, 0) is 6.61 Å². The second kappa shape index (κ2) is 8.17. The Morgan fingerprint density at radius 1 is 0.970 bits per heavy atom. The lowest BCUT2D eigenvalue weighted by atomic mass is 9.92. The van der Waals surface area contributed by atoms with Crippen LogP contribution in [0.2, 0.25) is 0 Å². The Bertz CT molecular complexity index is 1420. The fraction of sp³-hybridized carbons (Fsp3) is 0.160. The van der Waals surface area contributed by atoms with E-state index in [4.69, 9.17) is 4.74 Å². The molecule has 0 atom stereocenters. The molecule has 3 heterocycles. The minimum absolute atomic E-state index is 0. The molecular formula is C25H20ClF2N3O2. The van der Waals surface area contributed by atoms with Crippen molar-refractivity contribution in [2.75, 3.05) is 13.1 Å². The van der Waals surface area contributed by atoms with Crippen LogP contribution < -0.4 is 15.7 Å². The predicted octanol–water partition coefficient (Wildman–Crippen LogP) is 4.66. The van der Waals surface area contributed by atoms with Gasteiger partial charge in [0.05, 0.1) is 17.1 Å². The van der Waals surface area contributed by atoms with Crippen molar-refractivity contribution in [3.8, 4) is 5.75 Å². The Balaban J connectivity index is 0.00000228. The van der Waals surface area contributed by atoms with Crippen LogP contribution in [-0.4, -0.2) is 22.6 Å². The van der Waals surface area contributed by atoms with Crippen molar-refractivity contribution in [1.82, 2.24) is 14.9 Å². The first kappa shape index (κ1) is 21.4. The summed E-state index contributed by atoms with van der Waals surface area (Å²) in [5, 5.41) is 3.19. The smallest absolute Gasteiger partial charge is 0.326 e. The van der Waals surface area contributed by atoms with Gasteiger partial charge in [0.25, 0.3) is 0 Å². The average molecular weight is 468 g/mol. The maximum atomic E-state index is 13.9. The molecule has 2 aliphatic rings. The van der Waals surface area contributed by atoms with E-state index >= 15 is 0 Å². The van der Waals surface area contributed by atoms with Gasteiger partial charge in [0, 0.05) is 30.3 Å². The Hall–Kier alpha value is -3.42. The highest BCUT2D eigenvalue weighted by Crippen LogP contribution is 2.38. The van der Waals surface area contributed by atoms with Gasteiger partial charge < -0.3 is 15.0 Å². The number of fused-ring (bicyclic) bond motifs is 3. The normalized spacial score (nSPS) is 16.4. The Morgan fingerprint density at radius 2 is 1.73 bits per heavy atom. The Morgan fingerprint density at radius 3 is 2.48 bits per heavy atom. The number of rotatable bonds is 2. The van der Waals surface area contributed by atoms with Crippen molar-refractivity contribution in [3.05, 3.63) is 99.0 Å². The number of hydrogen-bond acceptors (Lipinski definition) is 3. The van der Waals surface area contributed by atoms with E-state index in [0.29, 0.717) is 11.3 Å². The third kappa shape index (κ3) is 3.63. The highest BCUT2D eigenvalue weighted by atomic mass is 35.5. The first-order chi connectivity index (χ1) is 15.6. The van der Waals surface area contributed by atoms with Gasteiger partial charge in [0.15, 0.2) is 0 Å². The van der Waals surface area contributed by atoms with Gasteiger partial charge in [0.2, 0.25) is 0 Å². The van der Waals surface area contributed by atoms with Crippen LogP contribution >= 0.6 is 12.4 Å². The number of imidazole rings is 1. The Labute approximate surface area is 194 Å². The van der Waals surface area contributed by atoms with Crippen molar-refractivity contribution < 1.29 is 13.5 Å². The third-order valence-corrected chi connectivity index (χ3v) is 6.15. The zero-order valence-electron chi connectivity index (χ0n) is 17.4. The van der Waals surface area contributed by atoms with E-state index in [1.807, 2.05) is 24.3 Å². The Kier molecular flexibility index (Phi) is 5.31. The zero-order chi connectivity index (χ0) is 21.8. The number of halogens is 3. The average Bonchev–Trinajstić information content (AvgIpc) is 2.96. The van der Waals surface area contributed by atoms with E-state index in [-0.39, 0.29) is 36.6 Å². The maximum absolute atomic E-state index is 13.9. The molecule has 4 aromatic rings. The highest BCUT2D eigenvalue weighted by Gasteiger charge is 2.23. The number of aromatic nitrogens is 2. The molecule has 6 rings (SSSR count). The zero-order valence-corrected chi connectivity index (χ0v) is 18.2. The van der Waals surface area contributed by atoms with Gasteiger partial charge in [-0.05, 0) is 59.2 Å². The monoisotopic (exact) mass is 467 g/mol. The highest BCUT2D eigenvalue weighted by molar-refractivity contribution is 5.95. The number of ether oxygens (including phenoxy) is 1. The fourth-order valence-corrected chi connectivity index (χ4v) is 4.46. The number of hydrogen-bond donors (Lipinski definition) is 2. The van der Waals surface area contributed by atoms with Gasteiger partial charge in [-0.3, -0.25) is 4.57 Å². The first-order valence-electron chi connectivity index (χ1n) is 10.4. The van der Waals surface area contributed by atoms with Gasteiger partial charge in [-0.15, -0.1) is 12.4 Å². The summed E-state index contributed by atoms with van der Waals surface area (Å²) in [6.07, 6.45) is 1.96. The molecule has 1 saturated heterocycles. The lowest BCUT2D eigenvalue weighted by Crippen LogP contribution is -2.46. The molecule has 0 spiro atoms. The minimum Gasteiger partial charge on any atom is -0.488 e. The van der Waals surface area contributed by atoms with E-state index in [9.17, 15) is 13.6 Å². The largest absolute Gasteiger partial charge is 0.488 e. The third-order valence-electron chi connectivity index (χ3n) is 6.15.